The topological polar surface area (TPSA) is 72.6 Å². The zero-order chi connectivity index (χ0) is 16.9. The Bertz CT molecular complexity index is 822. The first-order chi connectivity index (χ1) is 11.7. The summed E-state index contributed by atoms with van der Waals surface area (Å²) in [5, 5.41) is 9.47. The van der Waals surface area contributed by atoms with Crippen LogP contribution in [0, 0.1) is 0 Å². The number of carbonyl (C=O) groups is 1. The fourth-order valence-corrected chi connectivity index (χ4v) is 2.38. The van der Waals surface area contributed by atoms with E-state index in [1.165, 1.54) is 7.11 Å². The van der Waals surface area contributed by atoms with Gasteiger partial charge in [-0.25, -0.2) is 4.98 Å². The van der Waals surface area contributed by atoms with Crippen LogP contribution in [0.1, 0.15) is 12.3 Å². The number of hydrogen-bond donors (Lipinski definition) is 1. The molecule has 0 bridgehead atoms. The molecule has 0 aliphatic carbocycles. The fourth-order valence-electron chi connectivity index (χ4n) is 2.38. The minimum atomic E-state index is -0.305. The molecule has 0 saturated heterocycles. The Balaban J connectivity index is 2.00. The van der Waals surface area contributed by atoms with Crippen molar-refractivity contribution in [1.29, 1.82) is 0 Å². The number of aryl methyl sites for hydroxylation is 1. The molecule has 3 aromatic rings. The first-order valence-electron chi connectivity index (χ1n) is 7.58. The molecule has 0 amide bonds. The maximum absolute atomic E-state index is 11.3. The molecule has 0 atom stereocenters. The number of carbonyl (C=O) groups excluding carboxylic acids is 1. The van der Waals surface area contributed by atoms with Crippen molar-refractivity contribution >= 4 is 5.97 Å². The summed E-state index contributed by atoms with van der Waals surface area (Å²) >= 11 is 0. The number of phenolic OH excluding ortho intramolecular Hbond substituents is 1. The van der Waals surface area contributed by atoms with Crippen molar-refractivity contribution in [2.75, 3.05) is 7.11 Å². The fraction of sp³-hybridized carbons (Fsp3) is 0.158. The van der Waals surface area contributed by atoms with E-state index in [9.17, 15) is 9.90 Å². The number of aromatic hydroxyl groups is 1. The van der Waals surface area contributed by atoms with Crippen molar-refractivity contribution in [3.63, 3.8) is 0 Å². The van der Waals surface area contributed by atoms with Gasteiger partial charge < -0.3 is 14.3 Å². The average Bonchev–Trinajstić information content (AvgIpc) is 3.05. The third-order valence-electron chi connectivity index (χ3n) is 3.62. The van der Waals surface area contributed by atoms with Crippen LogP contribution in [0.5, 0.6) is 5.75 Å². The number of nitrogens with zero attached hydrogens (tertiary/aromatic N) is 1. The highest BCUT2D eigenvalue weighted by molar-refractivity contribution is 5.77. The van der Waals surface area contributed by atoms with Crippen LogP contribution in [0.15, 0.2) is 59.0 Å². The van der Waals surface area contributed by atoms with Crippen LogP contribution in [-0.4, -0.2) is 23.2 Å². The molecule has 0 radical (unpaired) electrons. The van der Waals surface area contributed by atoms with Gasteiger partial charge in [0, 0.05) is 17.5 Å². The summed E-state index contributed by atoms with van der Waals surface area (Å²) in [6.45, 7) is 0. The third kappa shape index (κ3) is 3.46. The predicted octanol–water partition coefficient (Wildman–Crippen LogP) is 3.82. The highest BCUT2D eigenvalue weighted by Crippen LogP contribution is 2.33. The highest BCUT2D eigenvalue weighted by Gasteiger charge is 2.17. The minimum absolute atomic E-state index is 0.189. The van der Waals surface area contributed by atoms with E-state index in [1.54, 1.807) is 24.3 Å². The summed E-state index contributed by atoms with van der Waals surface area (Å²) in [5.74, 6) is 0.999. The minimum Gasteiger partial charge on any atom is -0.508 e. The standard InChI is InChI=1S/C19H17NO4/c1-23-17(22)12-11-16-20-18(13-7-9-15(21)10-8-13)19(24-16)14-5-3-2-4-6-14/h2-10,21H,11-12H2,1H3. The molecule has 0 fully saturated rings. The molecule has 24 heavy (non-hydrogen) atoms. The average molecular weight is 323 g/mol. The second-order valence-corrected chi connectivity index (χ2v) is 5.27. The van der Waals surface area contributed by atoms with Crippen LogP contribution in [0.25, 0.3) is 22.6 Å². The quantitative estimate of drug-likeness (QED) is 0.723. The van der Waals surface area contributed by atoms with E-state index in [4.69, 9.17) is 4.42 Å². The van der Waals surface area contributed by atoms with Crippen molar-refractivity contribution in [2.45, 2.75) is 12.8 Å². The number of aromatic nitrogens is 1. The van der Waals surface area contributed by atoms with Gasteiger partial charge in [0.05, 0.1) is 13.5 Å². The summed E-state index contributed by atoms with van der Waals surface area (Å²) in [4.78, 5) is 15.9. The molecule has 3 rings (SSSR count). The maximum Gasteiger partial charge on any atom is 0.306 e. The van der Waals surface area contributed by atoms with Crippen LogP contribution in [0.4, 0.5) is 0 Å². The normalized spacial score (nSPS) is 10.5. The number of phenols is 1. The molecular formula is C19H17NO4. The lowest BCUT2D eigenvalue weighted by molar-refractivity contribution is -0.140. The summed E-state index contributed by atoms with van der Waals surface area (Å²) in [6.07, 6.45) is 0.574. The number of ether oxygens (including phenoxy) is 1. The molecule has 1 N–H and O–H groups in total. The van der Waals surface area contributed by atoms with E-state index >= 15 is 0 Å². The van der Waals surface area contributed by atoms with Crippen molar-refractivity contribution in [3.8, 4) is 28.3 Å². The van der Waals surface area contributed by atoms with Gasteiger partial charge in [0.1, 0.15) is 11.4 Å². The van der Waals surface area contributed by atoms with E-state index in [0.29, 0.717) is 23.8 Å². The van der Waals surface area contributed by atoms with Gasteiger partial charge in [-0.1, -0.05) is 30.3 Å². The van der Waals surface area contributed by atoms with Gasteiger partial charge in [-0.15, -0.1) is 0 Å². The van der Waals surface area contributed by atoms with Crippen molar-refractivity contribution in [1.82, 2.24) is 4.98 Å². The zero-order valence-corrected chi connectivity index (χ0v) is 13.2. The first-order valence-corrected chi connectivity index (χ1v) is 7.58. The Morgan fingerprint density at radius 3 is 2.46 bits per heavy atom. The summed E-state index contributed by atoms with van der Waals surface area (Å²) in [5.41, 5.74) is 2.41. The smallest absolute Gasteiger partial charge is 0.306 e. The van der Waals surface area contributed by atoms with Gasteiger partial charge in [0.15, 0.2) is 11.7 Å². The molecule has 0 saturated carbocycles. The first kappa shape index (κ1) is 15.8. The molecule has 0 aliphatic rings. The molecule has 1 aromatic heterocycles. The van der Waals surface area contributed by atoms with E-state index in [2.05, 4.69) is 9.72 Å². The Morgan fingerprint density at radius 1 is 1.08 bits per heavy atom. The Labute approximate surface area is 139 Å². The monoisotopic (exact) mass is 323 g/mol. The van der Waals surface area contributed by atoms with Gasteiger partial charge in [-0.2, -0.15) is 0 Å². The molecule has 0 spiro atoms. The molecule has 5 heteroatoms. The van der Waals surface area contributed by atoms with Crippen molar-refractivity contribution in [3.05, 3.63) is 60.5 Å². The second kappa shape index (κ2) is 7.00. The number of rotatable bonds is 5. The van der Waals surface area contributed by atoms with Gasteiger partial charge in [0.2, 0.25) is 0 Å². The number of oxazole rings is 1. The summed E-state index contributed by atoms with van der Waals surface area (Å²) < 4.78 is 10.6. The molecule has 1 heterocycles. The predicted molar refractivity (Wildman–Crippen MR) is 89.4 cm³/mol. The molecular weight excluding hydrogens is 306 g/mol. The lowest BCUT2D eigenvalue weighted by Gasteiger charge is -2.01. The molecule has 5 nitrogen and oxygen atoms in total. The van der Waals surface area contributed by atoms with Crippen molar-refractivity contribution in [2.24, 2.45) is 0 Å². The zero-order valence-electron chi connectivity index (χ0n) is 13.2. The maximum atomic E-state index is 11.3. The van der Waals surface area contributed by atoms with Crippen LogP contribution in [0.2, 0.25) is 0 Å². The van der Waals surface area contributed by atoms with E-state index in [-0.39, 0.29) is 18.1 Å². The van der Waals surface area contributed by atoms with Crippen LogP contribution in [0.3, 0.4) is 0 Å². The largest absolute Gasteiger partial charge is 0.508 e. The number of hydrogen-bond acceptors (Lipinski definition) is 5. The number of esters is 1. The van der Waals surface area contributed by atoms with Gasteiger partial charge in [-0.3, -0.25) is 4.79 Å². The van der Waals surface area contributed by atoms with Gasteiger partial charge in [0.25, 0.3) is 0 Å². The molecule has 2 aromatic carbocycles. The number of methoxy groups -OCH3 is 1. The van der Waals surface area contributed by atoms with Gasteiger partial charge >= 0.3 is 5.97 Å². The SMILES string of the molecule is COC(=O)CCc1nc(-c2ccc(O)cc2)c(-c2ccccc2)o1. The molecule has 122 valence electrons. The lowest BCUT2D eigenvalue weighted by Crippen LogP contribution is -2.01. The van der Waals surface area contributed by atoms with Crippen LogP contribution < -0.4 is 0 Å². The second-order valence-electron chi connectivity index (χ2n) is 5.27. The van der Waals surface area contributed by atoms with Crippen LogP contribution >= 0.6 is 0 Å². The number of benzene rings is 2. The third-order valence-corrected chi connectivity index (χ3v) is 3.62. The molecule has 0 aliphatic heterocycles. The van der Waals surface area contributed by atoms with Crippen LogP contribution in [-0.2, 0) is 16.0 Å². The van der Waals surface area contributed by atoms with E-state index in [0.717, 1.165) is 11.1 Å². The van der Waals surface area contributed by atoms with Gasteiger partial charge in [-0.05, 0) is 24.3 Å². The lowest BCUT2D eigenvalue weighted by atomic mass is 10.1. The Hall–Kier alpha value is -3.08. The summed E-state index contributed by atoms with van der Waals surface area (Å²) in [6, 6.07) is 16.4. The summed E-state index contributed by atoms with van der Waals surface area (Å²) in [7, 11) is 1.36. The van der Waals surface area contributed by atoms with E-state index in [1.807, 2.05) is 30.3 Å². The van der Waals surface area contributed by atoms with Crippen molar-refractivity contribution < 1.29 is 19.1 Å². The Kier molecular flexibility index (Phi) is 4.61. The molecule has 0 unspecified atom stereocenters. The highest BCUT2D eigenvalue weighted by atomic mass is 16.5. The Morgan fingerprint density at radius 2 is 1.79 bits per heavy atom. The van der Waals surface area contributed by atoms with E-state index < -0.39 is 0 Å².